The zero-order valence-corrected chi connectivity index (χ0v) is 10.6. The molecule has 0 saturated heterocycles. The van der Waals surface area contributed by atoms with Gasteiger partial charge in [0, 0.05) is 12.1 Å². The highest BCUT2D eigenvalue weighted by Gasteiger charge is 2.12. The maximum absolute atomic E-state index is 11.4. The molecule has 2 N–H and O–H groups in total. The quantitative estimate of drug-likeness (QED) is 0.483. The van der Waals surface area contributed by atoms with Gasteiger partial charge in [-0.05, 0) is 27.2 Å². The van der Waals surface area contributed by atoms with Crippen molar-refractivity contribution >= 4 is 5.91 Å². The summed E-state index contributed by atoms with van der Waals surface area (Å²) in [5, 5.41) is 5.90. The summed E-state index contributed by atoms with van der Waals surface area (Å²) in [6.07, 6.45) is 2.69. The summed E-state index contributed by atoms with van der Waals surface area (Å²) in [7, 11) is 0. The van der Waals surface area contributed by atoms with Crippen LogP contribution in [-0.4, -0.2) is 37.7 Å². The molecule has 0 atom stereocenters. The van der Waals surface area contributed by atoms with Gasteiger partial charge in [0.25, 0.3) is 0 Å². The molecule has 0 aromatic carbocycles. The van der Waals surface area contributed by atoms with Gasteiger partial charge in [0.15, 0.2) is 0 Å². The van der Waals surface area contributed by atoms with Gasteiger partial charge in [-0.2, -0.15) is 0 Å². The molecule has 4 nitrogen and oxygen atoms in total. The highest BCUT2D eigenvalue weighted by molar-refractivity contribution is 5.78. The van der Waals surface area contributed by atoms with Crippen molar-refractivity contribution in [3.05, 3.63) is 12.7 Å². The minimum absolute atomic E-state index is 0.0126. The van der Waals surface area contributed by atoms with Gasteiger partial charge < -0.3 is 15.4 Å². The molecule has 0 radical (unpaired) electrons. The predicted octanol–water partition coefficient (Wildman–Crippen LogP) is 1.08. The normalized spacial score (nSPS) is 11.2. The molecule has 0 fully saturated rings. The SMILES string of the molecule is C=CCCOCCNCC(=O)NC(C)(C)C. The smallest absolute Gasteiger partial charge is 0.234 e. The molecule has 0 unspecified atom stereocenters. The standard InChI is InChI=1S/C12H24N2O2/c1-5-6-8-16-9-7-13-10-11(15)14-12(2,3)4/h5,13H,1,6-10H2,2-4H3,(H,14,15). The largest absolute Gasteiger partial charge is 0.380 e. The molecule has 0 aliphatic heterocycles. The van der Waals surface area contributed by atoms with Crippen LogP contribution in [0.15, 0.2) is 12.7 Å². The Bertz CT molecular complexity index is 210. The topological polar surface area (TPSA) is 50.4 Å². The minimum Gasteiger partial charge on any atom is -0.380 e. The van der Waals surface area contributed by atoms with Crippen molar-refractivity contribution in [3.63, 3.8) is 0 Å². The molecule has 0 heterocycles. The van der Waals surface area contributed by atoms with Crippen molar-refractivity contribution in [1.82, 2.24) is 10.6 Å². The summed E-state index contributed by atoms with van der Waals surface area (Å²) in [4.78, 5) is 11.4. The Morgan fingerprint density at radius 1 is 1.38 bits per heavy atom. The molecular formula is C12H24N2O2. The summed E-state index contributed by atoms with van der Waals surface area (Å²) in [5.74, 6) is 0.0126. The summed E-state index contributed by atoms with van der Waals surface area (Å²) in [6.45, 7) is 11.8. The number of carbonyl (C=O) groups excluding carboxylic acids is 1. The second kappa shape index (κ2) is 8.30. The van der Waals surface area contributed by atoms with Crippen molar-refractivity contribution in [2.45, 2.75) is 32.7 Å². The van der Waals surface area contributed by atoms with Crippen LogP contribution in [0.5, 0.6) is 0 Å². The highest BCUT2D eigenvalue weighted by atomic mass is 16.5. The van der Waals surface area contributed by atoms with Crippen LogP contribution < -0.4 is 10.6 Å². The first kappa shape index (κ1) is 15.1. The maximum atomic E-state index is 11.4. The first-order valence-corrected chi connectivity index (χ1v) is 5.66. The number of nitrogens with one attached hydrogen (secondary N) is 2. The van der Waals surface area contributed by atoms with Crippen molar-refractivity contribution < 1.29 is 9.53 Å². The van der Waals surface area contributed by atoms with Gasteiger partial charge in [0.05, 0.1) is 19.8 Å². The lowest BCUT2D eigenvalue weighted by molar-refractivity contribution is -0.121. The molecule has 4 heteroatoms. The van der Waals surface area contributed by atoms with Crippen molar-refractivity contribution in [1.29, 1.82) is 0 Å². The fourth-order valence-corrected chi connectivity index (χ4v) is 1.08. The van der Waals surface area contributed by atoms with Crippen LogP contribution >= 0.6 is 0 Å². The monoisotopic (exact) mass is 228 g/mol. The van der Waals surface area contributed by atoms with Crippen LogP contribution in [0, 0.1) is 0 Å². The average Bonchev–Trinajstić information content (AvgIpc) is 2.13. The molecule has 0 rings (SSSR count). The zero-order chi connectivity index (χ0) is 12.4. The third kappa shape index (κ3) is 11.2. The van der Waals surface area contributed by atoms with Gasteiger partial charge in [-0.3, -0.25) is 4.79 Å². The van der Waals surface area contributed by atoms with Crippen molar-refractivity contribution in [2.75, 3.05) is 26.3 Å². The Kier molecular flexibility index (Phi) is 7.85. The fraction of sp³-hybridized carbons (Fsp3) is 0.750. The Morgan fingerprint density at radius 2 is 2.06 bits per heavy atom. The highest BCUT2D eigenvalue weighted by Crippen LogP contribution is 1.96. The number of hydrogen-bond acceptors (Lipinski definition) is 3. The van der Waals surface area contributed by atoms with Crippen molar-refractivity contribution in [3.8, 4) is 0 Å². The third-order valence-electron chi connectivity index (χ3n) is 1.69. The van der Waals surface area contributed by atoms with Gasteiger partial charge in [-0.1, -0.05) is 6.08 Å². The third-order valence-corrected chi connectivity index (χ3v) is 1.69. The molecule has 0 aromatic rings. The van der Waals surface area contributed by atoms with E-state index in [9.17, 15) is 4.79 Å². The van der Waals surface area contributed by atoms with E-state index in [0.717, 1.165) is 6.42 Å². The average molecular weight is 228 g/mol. The molecule has 16 heavy (non-hydrogen) atoms. The van der Waals surface area contributed by atoms with Gasteiger partial charge in [-0.15, -0.1) is 6.58 Å². The Morgan fingerprint density at radius 3 is 2.62 bits per heavy atom. The summed E-state index contributed by atoms with van der Waals surface area (Å²) < 4.78 is 5.29. The van der Waals surface area contributed by atoms with E-state index in [1.807, 2.05) is 26.8 Å². The second-order valence-corrected chi connectivity index (χ2v) is 4.66. The van der Waals surface area contributed by atoms with Crippen LogP contribution in [0.4, 0.5) is 0 Å². The molecule has 0 bridgehead atoms. The summed E-state index contributed by atoms with van der Waals surface area (Å²) in [6, 6.07) is 0. The molecule has 0 aromatic heterocycles. The predicted molar refractivity (Wildman–Crippen MR) is 66.4 cm³/mol. The van der Waals surface area contributed by atoms with E-state index >= 15 is 0 Å². The fourth-order valence-electron chi connectivity index (χ4n) is 1.08. The second-order valence-electron chi connectivity index (χ2n) is 4.66. The van der Waals surface area contributed by atoms with E-state index in [1.54, 1.807) is 0 Å². The number of amides is 1. The lowest BCUT2D eigenvalue weighted by Gasteiger charge is -2.20. The van der Waals surface area contributed by atoms with Crippen LogP contribution in [-0.2, 0) is 9.53 Å². The van der Waals surface area contributed by atoms with E-state index in [0.29, 0.717) is 26.3 Å². The summed E-state index contributed by atoms with van der Waals surface area (Å²) >= 11 is 0. The van der Waals surface area contributed by atoms with Crippen LogP contribution in [0.3, 0.4) is 0 Å². The molecule has 1 amide bonds. The zero-order valence-electron chi connectivity index (χ0n) is 10.6. The number of carbonyl (C=O) groups is 1. The van der Waals surface area contributed by atoms with Gasteiger partial charge in [0.2, 0.25) is 5.91 Å². The molecular weight excluding hydrogens is 204 g/mol. The molecule has 0 aliphatic carbocycles. The van der Waals surface area contributed by atoms with E-state index in [2.05, 4.69) is 17.2 Å². The van der Waals surface area contributed by atoms with E-state index in [4.69, 9.17) is 4.74 Å². The Balaban J connectivity index is 3.31. The number of ether oxygens (including phenoxy) is 1. The van der Waals surface area contributed by atoms with Crippen LogP contribution in [0.2, 0.25) is 0 Å². The van der Waals surface area contributed by atoms with Gasteiger partial charge >= 0.3 is 0 Å². The molecule has 94 valence electrons. The van der Waals surface area contributed by atoms with E-state index in [-0.39, 0.29) is 11.4 Å². The lowest BCUT2D eigenvalue weighted by atomic mass is 10.1. The summed E-state index contributed by atoms with van der Waals surface area (Å²) in [5.41, 5.74) is -0.167. The lowest BCUT2D eigenvalue weighted by Crippen LogP contribution is -2.45. The molecule has 0 saturated carbocycles. The van der Waals surface area contributed by atoms with E-state index < -0.39 is 0 Å². The van der Waals surface area contributed by atoms with E-state index in [1.165, 1.54) is 0 Å². The van der Waals surface area contributed by atoms with Gasteiger partial charge in [-0.25, -0.2) is 0 Å². The molecule has 0 spiro atoms. The Hall–Kier alpha value is -0.870. The van der Waals surface area contributed by atoms with Crippen LogP contribution in [0.1, 0.15) is 27.2 Å². The Labute approximate surface area is 98.4 Å². The number of hydrogen-bond donors (Lipinski definition) is 2. The van der Waals surface area contributed by atoms with Crippen LogP contribution in [0.25, 0.3) is 0 Å². The first-order valence-electron chi connectivity index (χ1n) is 5.66. The first-order chi connectivity index (χ1) is 7.45. The number of rotatable bonds is 8. The molecule has 0 aliphatic rings. The maximum Gasteiger partial charge on any atom is 0.234 e. The van der Waals surface area contributed by atoms with Gasteiger partial charge in [0.1, 0.15) is 0 Å². The van der Waals surface area contributed by atoms with Crippen molar-refractivity contribution in [2.24, 2.45) is 0 Å². The minimum atomic E-state index is -0.167.